The lowest BCUT2D eigenvalue weighted by Crippen LogP contribution is -2.26. The smallest absolute Gasteiger partial charge is 0.223 e. The van der Waals surface area contributed by atoms with Gasteiger partial charge in [0.2, 0.25) is 5.91 Å². The van der Waals surface area contributed by atoms with Gasteiger partial charge in [-0.15, -0.1) is 0 Å². The summed E-state index contributed by atoms with van der Waals surface area (Å²) in [7, 11) is 0. The molecule has 2 aromatic rings. The third-order valence-electron chi connectivity index (χ3n) is 2.79. The topological polar surface area (TPSA) is 64.3 Å². The number of anilines is 1. The van der Waals surface area contributed by atoms with Gasteiger partial charge in [-0.1, -0.05) is 0 Å². The van der Waals surface area contributed by atoms with E-state index in [0.29, 0.717) is 25.3 Å². The number of nitrogens with two attached hydrogens (primary N) is 1. The molecule has 1 aromatic heterocycles. The Balaban J connectivity index is 1.59. The number of thiophene rings is 1. The number of benzene rings is 1. The number of nitrogen functional groups attached to an aromatic ring is 1. The second-order valence-electron chi connectivity index (χ2n) is 4.40. The first-order chi connectivity index (χ1) is 9.74. The Hall–Kier alpha value is -2.01. The first kappa shape index (κ1) is 14.4. The van der Waals surface area contributed by atoms with Gasteiger partial charge in [0, 0.05) is 12.2 Å². The van der Waals surface area contributed by atoms with Crippen LogP contribution in [0.3, 0.4) is 0 Å². The zero-order valence-corrected chi connectivity index (χ0v) is 12.0. The SMILES string of the molecule is Nc1ccc(OCCC(=O)NCCc2ccsc2)cc1. The number of rotatable bonds is 7. The van der Waals surface area contributed by atoms with Crippen molar-refractivity contribution in [2.24, 2.45) is 0 Å². The first-order valence-corrected chi connectivity index (χ1v) is 7.44. The largest absolute Gasteiger partial charge is 0.493 e. The fourth-order valence-corrected chi connectivity index (χ4v) is 2.40. The van der Waals surface area contributed by atoms with E-state index in [4.69, 9.17) is 10.5 Å². The van der Waals surface area contributed by atoms with Gasteiger partial charge >= 0.3 is 0 Å². The number of ether oxygens (including phenoxy) is 1. The number of amides is 1. The van der Waals surface area contributed by atoms with Crippen LogP contribution in [0.1, 0.15) is 12.0 Å². The van der Waals surface area contributed by atoms with E-state index in [-0.39, 0.29) is 5.91 Å². The molecule has 0 unspecified atom stereocenters. The van der Waals surface area contributed by atoms with Gasteiger partial charge in [-0.05, 0) is 53.1 Å². The maximum atomic E-state index is 11.6. The highest BCUT2D eigenvalue weighted by molar-refractivity contribution is 7.07. The van der Waals surface area contributed by atoms with Crippen LogP contribution in [-0.2, 0) is 11.2 Å². The summed E-state index contributed by atoms with van der Waals surface area (Å²) in [5.41, 5.74) is 7.54. The lowest BCUT2D eigenvalue weighted by molar-refractivity contribution is -0.121. The van der Waals surface area contributed by atoms with Crippen molar-refractivity contribution in [3.05, 3.63) is 46.7 Å². The van der Waals surface area contributed by atoms with Gasteiger partial charge in [0.05, 0.1) is 13.0 Å². The fraction of sp³-hybridized carbons (Fsp3) is 0.267. The van der Waals surface area contributed by atoms with Gasteiger partial charge in [0.15, 0.2) is 0 Å². The van der Waals surface area contributed by atoms with E-state index in [0.717, 1.165) is 12.2 Å². The standard InChI is InChI=1S/C15H18N2O2S/c16-13-1-3-14(4-2-13)19-9-6-15(18)17-8-5-12-7-10-20-11-12/h1-4,7,10-11H,5-6,8-9,16H2,(H,17,18). The molecule has 0 saturated heterocycles. The van der Waals surface area contributed by atoms with Crippen molar-refractivity contribution < 1.29 is 9.53 Å². The van der Waals surface area contributed by atoms with Crippen LogP contribution in [0.15, 0.2) is 41.1 Å². The van der Waals surface area contributed by atoms with E-state index in [1.807, 2.05) is 5.38 Å². The molecule has 106 valence electrons. The van der Waals surface area contributed by atoms with Crippen molar-refractivity contribution in [1.82, 2.24) is 5.32 Å². The van der Waals surface area contributed by atoms with Crippen LogP contribution in [-0.4, -0.2) is 19.1 Å². The maximum absolute atomic E-state index is 11.6. The fourth-order valence-electron chi connectivity index (χ4n) is 1.70. The predicted molar refractivity (Wildman–Crippen MR) is 82.0 cm³/mol. The summed E-state index contributed by atoms with van der Waals surface area (Å²) in [6, 6.07) is 9.21. The van der Waals surface area contributed by atoms with E-state index < -0.39 is 0 Å². The number of hydrogen-bond acceptors (Lipinski definition) is 4. The Morgan fingerprint density at radius 2 is 2.05 bits per heavy atom. The van der Waals surface area contributed by atoms with Gasteiger partial charge in [-0.3, -0.25) is 4.79 Å². The monoisotopic (exact) mass is 290 g/mol. The Morgan fingerprint density at radius 3 is 2.75 bits per heavy atom. The van der Waals surface area contributed by atoms with Crippen LogP contribution in [0, 0.1) is 0 Å². The third-order valence-corrected chi connectivity index (χ3v) is 3.53. The Labute approximate surface area is 122 Å². The van der Waals surface area contributed by atoms with Crippen LogP contribution in [0.4, 0.5) is 5.69 Å². The number of carbonyl (C=O) groups is 1. The maximum Gasteiger partial charge on any atom is 0.223 e. The molecule has 1 aromatic carbocycles. The second kappa shape index (κ2) is 7.55. The van der Waals surface area contributed by atoms with Crippen LogP contribution in [0.2, 0.25) is 0 Å². The lowest BCUT2D eigenvalue weighted by Gasteiger charge is -2.07. The van der Waals surface area contributed by atoms with Crippen molar-refractivity contribution >= 4 is 22.9 Å². The van der Waals surface area contributed by atoms with Crippen molar-refractivity contribution in [3.8, 4) is 5.75 Å². The van der Waals surface area contributed by atoms with Crippen molar-refractivity contribution in [3.63, 3.8) is 0 Å². The molecule has 0 saturated carbocycles. The summed E-state index contributed by atoms with van der Waals surface area (Å²) < 4.78 is 5.47. The highest BCUT2D eigenvalue weighted by Gasteiger charge is 2.02. The van der Waals surface area contributed by atoms with E-state index >= 15 is 0 Å². The molecule has 5 heteroatoms. The Bertz CT molecular complexity index is 523. The first-order valence-electron chi connectivity index (χ1n) is 6.50. The molecular formula is C15H18N2O2S. The number of hydrogen-bond donors (Lipinski definition) is 2. The molecule has 0 aliphatic heterocycles. The predicted octanol–water partition coefficient (Wildman–Crippen LogP) is 2.46. The van der Waals surface area contributed by atoms with Crippen molar-refractivity contribution in [2.45, 2.75) is 12.8 Å². The summed E-state index contributed by atoms with van der Waals surface area (Å²) >= 11 is 1.67. The molecular weight excluding hydrogens is 272 g/mol. The minimum absolute atomic E-state index is 0.00988. The molecule has 4 nitrogen and oxygen atoms in total. The second-order valence-corrected chi connectivity index (χ2v) is 5.18. The zero-order valence-electron chi connectivity index (χ0n) is 11.2. The lowest BCUT2D eigenvalue weighted by atomic mass is 10.2. The molecule has 1 heterocycles. The molecule has 0 atom stereocenters. The molecule has 0 radical (unpaired) electrons. The summed E-state index contributed by atoms with van der Waals surface area (Å²) in [5, 5.41) is 7.01. The van der Waals surface area contributed by atoms with Crippen LogP contribution in [0.5, 0.6) is 5.75 Å². The minimum atomic E-state index is 0.00988. The zero-order chi connectivity index (χ0) is 14.2. The average Bonchev–Trinajstić information content (AvgIpc) is 2.94. The molecule has 3 N–H and O–H groups in total. The van der Waals surface area contributed by atoms with Crippen LogP contribution in [0.25, 0.3) is 0 Å². The molecule has 1 amide bonds. The molecule has 2 rings (SSSR count). The van der Waals surface area contributed by atoms with Gasteiger partial charge < -0.3 is 15.8 Å². The third kappa shape index (κ3) is 4.93. The summed E-state index contributed by atoms with van der Waals surface area (Å²) in [5.74, 6) is 0.737. The summed E-state index contributed by atoms with van der Waals surface area (Å²) in [6.45, 7) is 1.03. The molecule has 0 bridgehead atoms. The number of carbonyl (C=O) groups excluding carboxylic acids is 1. The van der Waals surface area contributed by atoms with Gasteiger partial charge in [0.25, 0.3) is 0 Å². The average molecular weight is 290 g/mol. The van der Waals surface area contributed by atoms with Crippen molar-refractivity contribution in [2.75, 3.05) is 18.9 Å². The van der Waals surface area contributed by atoms with Gasteiger partial charge in [-0.2, -0.15) is 11.3 Å². The molecule has 0 spiro atoms. The van der Waals surface area contributed by atoms with Crippen molar-refractivity contribution in [1.29, 1.82) is 0 Å². The van der Waals surface area contributed by atoms with Crippen LogP contribution < -0.4 is 15.8 Å². The molecule has 0 fully saturated rings. The highest BCUT2D eigenvalue weighted by atomic mass is 32.1. The van der Waals surface area contributed by atoms with Gasteiger partial charge in [0.1, 0.15) is 5.75 Å². The highest BCUT2D eigenvalue weighted by Crippen LogP contribution is 2.13. The van der Waals surface area contributed by atoms with E-state index in [9.17, 15) is 4.79 Å². The molecule has 0 aliphatic carbocycles. The Morgan fingerprint density at radius 1 is 1.25 bits per heavy atom. The quantitative estimate of drug-likeness (QED) is 0.770. The summed E-state index contributed by atoms with van der Waals surface area (Å²) in [4.78, 5) is 11.6. The Kier molecular flexibility index (Phi) is 5.43. The minimum Gasteiger partial charge on any atom is -0.493 e. The summed E-state index contributed by atoms with van der Waals surface area (Å²) in [6.07, 6.45) is 1.22. The van der Waals surface area contributed by atoms with Gasteiger partial charge in [-0.25, -0.2) is 0 Å². The van der Waals surface area contributed by atoms with E-state index in [1.54, 1.807) is 35.6 Å². The normalized spacial score (nSPS) is 10.2. The molecule has 20 heavy (non-hydrogen) atoms. The number of nitrogens with one attached hydrogen (secondary N) is 1. The van der Waals surface area contributed by atoms with E-state index in [2.05, 4.69) is 16.8 Å². The van der Waals surface area contributed by atoms with E-state index in [1.165, 1.54) is 5.56 Å². The molecule has 0 aliphatic rings. The van der Waals surface area contributed by atoms with Crippen LogP contribution >= 0.6 is 11.3 Å².